The number of carbonyl (C=O) groups is 1. The molecule has 0 aliphatic heterocycles. The largest absolute Gasteiger partial charge is 0.383 e. The van der Waals surface area contributed by atoms with E-state index in [0.29, 0.717) is 31.9 Å². The Labute approximate surface area is 125 Å². The number of hydrogen-bond donors (Lipinski definition) is 1. The van der Waals surface area contributed by atoms with Crippen molar-refractivity contribution in [2.45, 2.75) is 31.7 Å². The molecular formula is C13H23N3O4S. The number of carbonyl (C=O) groups excluding carboxylic acids is 1. The van der Waals surface area contributed by atoms with E-state index in [1.807, 2.05) is 13.8 Å². The van der Waals surface area contributed by atoms with E-state index in [2.05, 4.69) is 0 Å². The number of nitrogens with zero attached hydrogens (tertiary/aromatic N) is 2. The molecule has 1 amide bonds. The Hall–Kier alpha value is -1.38. The summed E-state index contributed by atoms with van der Waals surface area (Å²) in [5.74, 6) is -0.203. The highest BCUT2D eigenvalue weighted by molar-refractivity contribution is 7.89. The van der Waals surface area contributed by atoms with Gasteiger partial charge in [-0.15, -0.1) is 0 Å². The van der Waals surface area contributed by atoms with E-state index in [-0.39, 0.29) is 10.8 Å². The highest BCUT2D eigenvalue weighted by Gasteiger charge is 2.22. The van der Waals surface area contributed by atoms with Crippen LogP contribution < -0.4 is 5.14 Å². The van der Waals surface area contributed by atoms with Gasteiger partial charge in [0.1, 0.15) is 10.6 Å². The zero-order chi connectivity index (χ0) is 16.0. The maximum atomic E-state index is 12.5. The third-order valence-electron chi connectivity index (χ3n) is 3.12. The molecule has 1 aromatic heterocycles. The first-order valence-electron chi connectivity index (χ1n) is 6.86. The second-order valence-electron chi connectivity index (χ2n) is 4.68. The van der Waals surface area contributed by atoms with Crippen molar-refractivity contribution in [3.8, 4) is 0 Å². The molecule has 0 saturated carbocycles. The lowest BCUT2D eigenvalue weighted by molar-refractivity contribution is 0.0751. The number of nitrogens with two attached hydrogens (primary N) is 1. The standard InChI is InChI=1S/C13H23N3O4S/c1-4-6-15(5-2)13(17)12-9-11(21(14,18)19)10-16(12)7-8-20-3/h9-10H,4-8H2,1-3H3,(H2,14,18,19). The molecule has 120 valence electrons. The van der Waals surface area contributed by atoms with Gasteiger partial charge in [-0.2, -0.15) is 0 Å². The molecule has 8 heteroatoms. The first kappa shape index (κ1) is 17.7. The second-order valence-corrected chi connectivity index (χ2v) is 6.24. The topological polar surface area (TPSA) is 94.6 Å². The fourth-order valence-corrected chi connectivity index (χ4v) is 2.58. The summed E-state index contributed by atoms with van der Waals surface area (Å²) >= 11 is 0. The smallest absolute Gasteiger partial charge is 0.270 e. The van der Waals surface area contributed by atoms with Crippen LogP contribution >= 0.6 is 0 Å². The van der Waals surface area contributed by atoms with E-state index in [1.54, 1.807) is 16.6 Å². The average Bonchev–Trinajstić information content (AvgIpc) is 2.85. The van der Waals surface area contributed by atoms with Crippen molar-refractivity contribution in [3.05, 3.63) is 18.0 Å². The number of hydrogen-bond acceptors (Lipinski definition) is 4. The summed E-state index contributed by atoms with van der Waals surface area (Å²) in [6.07, 6.45) is 2.21. The zero-order valence-electron chi connectivity index (χ0n) is 12.7. The quantitative estimate of drug-likeness (QED) is 0.762. The van der Waals surface area contributed by atoms with Crippen molar-refractivity contribution in [2.24, 2.45) is 5.14 Å². The summed E-state index contributed by atoms with van der Waals surface area (Å²) in [6.45, 7) is 5.81. The van der Waals surface area contributed by atoms with Crippen LogP contribution in [-0.2, 0) is 21.3 Å². The minimum Gasteiger partial charge on any atom is -0.383 e. The van der Waals surface area contributed by atoms with Crippen LogP contribution in [0, 0.1) is 0 Å². The molecule has 1 heterocycles. The Morgan fingerprint density at radius 3 is 2.57 bits per heavy atom. The molecule has 0 aromatic carbocycles. The Balaban J connectivity index is 3.18. The number of rotatable bonds is 8. The molecule has 0 unspecified atom stereocenters. The second kappa shape index (κ2) is 7.58. The average molecular weight is 317 g/mol. The monoisotopic (exact) mass is 317 g/mol. The number of methoxy groups -OCH3 is 1. The normalized spacial score (nSPS) is 11.6. The highest BCUT2D eigenvalue weighted by atomic mass is 32.2. The van der Waals surface area contributed by atoms with E-state index in [9.17, 15) is 13.2 Å². The van der Waals surface area contributed by atoms with Gasteiger partial charge < -0.3 is 14.2 Å². The van der Waals surface area contributed by atoms with Gasteiger partial charge >= 0.3 is 0 Å². The zero-order valence-corrected chi connectivity index (χ0v) is 13.5. The van der Waals surface area contributed by atoms with Crippen molar-refractivity contribution >= 4 is 15.9 Å². The molecular weight excluding hydrogens is 294 g/mol. The van der Waals surface area contributed by atoms with Gasteiger partial charge in [0.2, 0.25) is 10.0 Å². The summed E-state index contributed by atoms with van der Waals surface area (Å²) < 4.78 is 29.5. The van der Waals surface area contributed by atoms with Crippen LogP contribution in [0.4, 0.5) is 0 Å². The predicted molar refractivity (Wildman–Crippen MR) is 79.5 cm³/mol. The summed E-state index contributed by atoms with van der Waals surface area (Å²) in [7, 11) is -2.30. The van der Waals surface area contributed by atoms with Gasteiger partial charge in [0.15, 0.2) is 0 Å². The number of sulfonamides is 1. The molecule has 1 aromatic rings. The molecule has 21 heavy (non-hydrogen) atoms. The number of primary sulfonamides is 1. The van der Waals surface area contributed by atoms with E-state index < -0.39 is 10.0 Å². The summed E-state index contributed by atoms with van der Waals surface area (Å²) in [5, 5.41) is 5.14. The first-order valence-corrected chi connectivity index (χ1v) is 8.40. The van der Waals surface area contributed by atoms with E-state index in [4.69, 9.17) is 9.88 Å². The molecule has 0 atom stereocenters. The highest BCUT2D eigenvalue weighted by Crippen LogP contribution is 2.15. The van der Waals surface area contributed by atoms with Crippen LogP contribution in [-0.4, -0.2) is 50.6 Å². The lowest BCUT2D eigenvalue weighted by atomic mass is 10.3. The SMILES string of the molecule is CCCN(CC)C(=O)c1cc(S(N)(=O)=O)cn1CCOC. The van der Waals surface area contributed by atoms with Crippen LogP contribution in [0.25, 0.3) is 0 Å². The van der Waals surface area contributed by atoms with Crippen LogP contribution in [0.1, 0.15) is 30.8 Å². The molecule has 0 bridgehead atoms. The molecule has 0 fully saturated rings. The minimum absolute atomic E-state index is 0.0606. The van der Waals surface area contributed by atoms with Gasteiger partial charge in [0, 0.05) is 32.9 Å². The molecule has 1 rings (SSSR count). The van der Waals surface area contributed by atoms with Crippen molar-refractivity contribution in [3.63, 3.8) is 0 Å². The Morgan fingerprint density at radius 2 is 2.10 bits per heavy atom. The minimum atomic E-state index is -3.84. The van der Waals surface area contributed by atoms with Crippen LogP contribution in [0.2, 0.25) is 0 Å². The molecule has 0 aliphatic rings. The predicted octanol–water partition coefficient (Wildman–Crippen LogP) is 0.654. The lowest BCUT2D eigenvalue weighted by Crippen LogP contribution is -2.33. The van der Waals surface area contributed by atoms with E-state index in [1.165, 1.54) is 12.3 Å². The summed E-state index contributed by atoms with van der Waals surface area (Å²) in [6, 6.07) is 1.33. The molecule has 2 N–H and O–H groups in total. The molecule has 0 saturated heterocycles. The third kappa shape index (κ3) is 4.55. The van der Waals surface area contributed by atoms with Gasteiger partial charge in [-0.3, -0.25) is 4.79 Å². The van der Waals surface area contributed by atoms with Crippen molar-refractivity contribution in [2.75, 3.05) is 26.8 Å². The Bertz CT molecular complexity index is 580. The van der Waals surface area contributed by atoms with Crippen LogP contribution in [0.15, 0.2) is 17.2 Å². The Kier molecular flexibility index (Phi) is 6.38. The molecule has 0 aliphatic carbocycles. The van der Waals surface area contributed by atoms with E-state index in [0.717, 1.165) is 6.42 Å². The van der Waals surface area contributed by atoms with Crippen LogP contribution in [0.5, 0.6) is 0 Å². The molecule has 0 spiro atoms. The van der Waals surface area contributed by atoms with Crippen molar-refractivity contribution in [1.82, 2.24) is 9.47 Å². The fraction of sp³-hybridized carbons (Fsp3) is 0.615. The van der Waals surface area contributed by atoms with Crippen molar-refractivity contribution in [1.29, 1.82) is 0 Å². The maximum absolute atomic E-state index is 12.5. The van der Waals surface area contributed by atoms with Gasteiger partial charge in [0.05, 0.1) is 6.61 Å². The summed E-state index contributed by atoms with van der Waals surface area (Å²) in [4.78, 5) is 14.1. The fourth-order valence-electron chi connectivity index (χ4n) is 2.03. The van der Waals surface area contributed by atoms with Gasteiger partial charge in [-0.25, -0.2) is 13.6 Å². The number of aromatic nitrogens is 1. The van der Waals surface area contributed by atoms with Crippen molar-refractivity contribution < 1.29 is 17.9 Å². The number of amides is 1. The van der Waals surface area contributed by atoms with E-state index >= 15 is 0 Å². The number of ether oxygens (including phenoxy) is 1. The third-order valence-corrected chi connectivity index (χ3v) is 4.00. The Morgan fingerprint density at radius 1 is 1.43 bits per heavy atom. The van der Waals surface area contributed by atoms with Gasteiger partial charge in [-0.05, 0) is 19.4 Å². The lowest BCUT2D eigenvalue weighted by Gasteiger charge is -2.20. The molecule has 0 radical (unpaired) electrons. The van der Waals surface area contributed by atoms with Crippen LogP contribution in [0.3, 0.4) is 0 Å². The first-order chi connectivity index (χ1) is 9.85. The van der Waals surface area contributed by atoms with Gasteiger partial charge in [-0.1, -0.05) is 6.92 Å². The van der Waals surface area contributed by atoms with Gasteiger partial charge in [0.25, 0.3) is 5.91 Å². The molecule has 7 nitrogen and oxygen atoms in total. The maximum Gasteiger partial charge on any atom is 0.270 e. The summed E-state index contributed by atoms with van der Waals surface area (Å²) in [5.41, 5.74) is 0.311.